The van der Waals surface area contributed by atoms with Gasteiger partial charge in [0.15, 0.2) is 5.78 Å². The molecule has 246 valence electrons. The van der Waals surface area contributed by atoms with Crippen molar-refractivity contribution in [2.24, 2.45) is 23.2 Å². The molecule has 4 saturated carbocycles. The van der Waals surface area contributed by atoms with Crippen LogP contribution in [0.25, 0.3) is 17.3 Å². The Bertz CT molecular complexity index is 1870. The largest absolute Gasteiger partial charge is 0.374 e. The van der Waals surface area contributed by atoms with Gasteiger partial charge in [0.05, 0.1) is 24.7 Å². The first kappa shape index (κ1) is 31.4. The van der Waals surface area contributed by atoms with Gasteiger partial charge in [-0.3, -0.25) is 4.79 Å². The SMILES string of the molecule is C=CCOC1C2CC3C[C@@H]1CC(C(=O)/C=C/c1c(F)cccc1-c1cn(C(c4ccccc4)(c4ccccc4)c4ccccc4)cn1)(C3)C2. The smallest absolute Gasteiger partial charge is 0.161 e. The maximum Gasteiger partial charge on any atom is 0.161 e. The number of hydrogen-bond acceptors (Lipinski definition) is 3. The summed E-state index contributed by atoms with van der Waals surface area (Å²) in [5, 5.41) is 0. The molecule has 4 bridgehead atoms. The lowest BCUT2D eigenvalue weighted by molar-refractivity contribution is -0.166. The molecule has 0 aliphatic heterocycles. The fraction of sp³-hybridized carbons (Fsp3) is 0.273. The van der Waals surface area contributed by atoms with Crippen molar-refractivity contribution in [3.8, 4) is 11.3 Å². The zero-order chi connectivity index (χ0) is 33.4. The van der Waals surface area contributed by atoms with Crippen molar-refractivity contribution in [2.75, 3.05) is 6.61 Å². The topological polar surface area (TPSA) is 44.1 Å². The molecule has 5 atom stereocenters. The summed E-state index contributed by atoms with van der Waals surface area (Å²) in [5.41, 5.74) is 3.78. The third-order valence-corrected chi connectivity index (χ3v) is 11.4. The molecule has 0 radical (unpaired) electrons. The second-order valence-corrected chi connectivity index (χ2v) is 14.2. The molecule has 4 aliphatic rings. The molecule has 5 heteroatoms. The van der Waals surface area contributed by atoms with Crippen LogP contribution in [0, 0.1) is 29.0 Å². The lowest BCUT2D eigenvalue weighted by Gasteiger charge is -2.58. The van der Waals surface area contributed by atoms with Gasteiger partial charge >= 0.3 is 0 Å². The lowest BCUT2D eigenvalue weighted by Crippen LogP contribution is -2.56. The molecule has 0 spiro atoms. The van der Waals surface area contributed by atoms with Crippen LogP contribution in [0.2, 0.25) is 0 Å². The average Bonchev–Trinajstić information content (AvgIpc) is 3.62. The Balaban J connectivity index is 1.17. The summed E-state index contributed by atoms with van der Waals surface area (Å²) in [7, 11) is 0. The first-order chi connectivity index (χ1) is 24.0. The van der Waals surface area contributed by atoms with Crippen molar-refractivity contribution in [2.45, 2.75) is 43.7 Å². The number of carbonyl (C=O) groups excluding carboxylic acids is 1. The van der Waals surface area contributed by atoms with Crippen molar-refractivity contribution in [1.29, 1.82) is 0 Å². The number of ether oxygens (including phenoxy) is 1. The summed E-state index contributed by atoms with van der Waals surface area (Å²) in [4.78, 5) is 19.0. The standard InChI is InChI=1S/C44H41FN2O2/c1-2-23-49-42-32-24-31-25-33(42)28-43(26-31,27-32)41(48)22-21-37-38(19-12-20-39(37)45)40-29-47(30-46-40)44(34-13-6-3-7-14-34,35-15-8-4-9-16-35)36-17-10-5-11-18-36/h2-22,29-33,42H,1,23-28H2/b22-21+/t31?,32-,33?,42?,43?/m1/s1. The second-order valence-electron chi connectivity index (χ2n) is 14.2. The van der Waals surface area contributed by atoms with E-state index in [2.05, 4.69) is 83.9 Å². The summed E-state index contributed by atoms with van der Waals surface area (Å²) < 4.78 is 24.1. The molecular formula is C44H41FN2O2. The van der Waals surface area contributed by atoms with Gasteiger partial charge in [-0.1, -0.05) is 109 Å². The number of allylic oxidation sites excluding steroid dienone is 1. The normalized spacial score (nSPS) is 24.3. The van der Waals surface area contributed by atoms with Gasteiger partial charge in [0, 0.05) is 22.7 Å². The van der Waals surface area contributed by atoms with Crippen LogP contribution < -0.4 is 0 Å². The zero-order valence-electron chi connectivity index (χ0n) is 27.6. The van der Waals surface area contributed by atoms with Crippen LogP contribution in [-0.4, -0.2) is 28.0 Å². The summed E-state index contributed by atoms with van der Waals surface area (Å²) in [6, 6.07) is 36.3. The van der Waals surface area contributed by atoms with E-state index in [9.17, 15) is 4.79 Å². The third kappa shape index (κ3) is 5.41. The predicted molar refractivity (Wildman–Crippen MR) is 192 cm³/mol. The van der Waals surface area contributed by atoms with Gasteiger partial charge in [-0.15, -0.1) is 6.58 Å². The van der Waals surface area contributed by atoms with E-state index in [1.165, 1.54) is 6.07 Å². The van der Waals surface area contributed by atoms with Crippen LogP contribution >= 0.6 is 0 Å². The van der Waals surface area contributed by atoms with E-state index < -0.39 is 5.54 Å². The summed E-state index contributed by atoms with van der Waals surface area (Å²) in [6.45, 7) is 4.38. The quantitative estimate of drug-likeness (QED) is 0.0814. The van der Waals surface area contributed by atoms with Crippen LogP contribution in [-0.2, 0) is 15.1 Å². The number of rotatable bonds is 11. The molecule has 9 rings (SSSR count). The number of benzene rings is 4. The summed E-state index contributed by atoms with van der Waals surface area (Å²) >= 11 is 0. The van der Waals surface area contributed by atoms with E-state index in [-0.39, 0.29) is 23.1 Å². The minimum absolute atomic E-state index is 0.116. The molecule has 1 heterocycles. The highest BCUT2D eigenvalue weighted by molar-refractivity contribution is 5.99. The molecule has 5 aromatic rings. The lowest BCUT2D eigenvalue weighted by atomic mass is 9.47. The number of aromatic nitrogens is 2. The molecule has 4 fully saturated rings. The fourth-order valence-electron chi connectivity index (χ4n) is 9.63. The molecule has 0 saturated heterocycles. The van der Waals surface area contributed by atoms with Crippen molar-refractivity contribution in [3.63, 3.8) is 0 Å². The van der Waals surface area contributed by atoms with Crippen LogP contribution in [0.4, 0.5) is 4.39 Å². The van der Waals surface area contributed by atoms with Crippen LogP contribution in [0.15, 0.2) is 140 Å². The Morgan fingerprint density at radius 3 is 2.02 bits per heavy atom. The number of ketones is 1. The molecule has 4 aromatic carbocycles. The number of carbonyl (C=O) groups is 1. The first-order valence-corrected chi connectivity index (χ1v) is 17.5. The number of nitrogens with zero attached hydrogens (tertiary/aromatic N) is 2. The molecule has 4 aliphatic carbocycles. The Kier molecular flexibility index (Phi) is 8.25. The van der Waals surface area contributed by atoms with E-state index in [0.717, 1.165) is 48.8 Å². The minimum atomic E-state index is -0.736. The molecule has 1 aromatic heterocycles. The van der Waals surface area contributed by atoms with Crippen molar-refractivity contribution in [3.05, 3.63) is 169 Å². The van der Waals surface area contributed by atoms with E-state index >= 15 is 4.39 Å². The van der Waals surface area contributed by atoms with Gasteiger partial charge in [0.2, 0.25) is 0 Å². The Labute approximate surface area is 288 Å². The number of halogens is 1. The Morgan fingerprint density at radius 2 is 1.45 bits per heavy atom. The van der Waals surface area contributed by atoms with E-state index in [0.29, 0.717) is 41.2 Å². The van der Waals surface area contributed by atoms with Crippen molar-refractivity contribution >= 4 is 11.9 Å². The molecule has 4 unspecified atom stereocenters. The van der Waals surface area contributed by atoms with Crippen LogP contribution in [0.5, 0.6) is 0 Å². The number of hydrogen-bond donors (Lipinski definition) is 0. The minimum Gasteiger partial charge on any atom is -0.374 e. The molecule has 0 N–H and O–H groups in total. The van der Waals surface area contributed by atoms with E-state index in [4.69, 9.17) is 9.72 Å². The van der Waals surface area contributed by atoms with Gasteiger partial charge in [-0.25, -0.2) is 9.37 Å². The molecular weight excluding hydrogens is 607 g/mol. The van der Waals surface area contributed by atoms with Crippen LogP contribution in [0.3, 0.4) is 0 Å². The maximum atomic E-state index is 15.7. The molecule has 49 heavy (non-hydrogen) atoms. The average molecular weight is 649 g/mol. The van der Waals surface area contributed by atoms with E-state index in [1.807, 2.05) is 42.9 Å². The van der Waals surface area contributed by atoms with Crippen LogP contribution in [0.1, 0.15) is 54.4 Å². The molecule has 0 amide bonds. The highest BCUT2D eigenvalue weighted by Gasteiger charge is 2.58. The Hall–Kier alpha value is -4.87. The van der Waals surface area contributed by atoms with Gasteiger partial charge in [0.1, 0.15) is 11.4 Å². The first-order valence-electron chi connectivity index (χ1n) is 17.5. The summed E-state index contributed by atoms with van der Waals surface area (Å²) in [6.07, 6.45) is 14.1. The zero-order valence-corrected chi connectivity index (χ0v) is 27.6. The summed E-state index contributed by atoms with van der Waals surface area (Å²) in [5.74, 6) is 1.10. The Morgan fingerprint density at radius 1 is 0.857 bits per heavy atom. The van der Waals surface area contributed by atoms with Gasteiger partial charge in [-0.2, -0.15) is 0 Å². The highest BCUT2D eigenvalue weighted by Crippen LogP contribution is 2.61. The maximum absolute atomic E-state index is 15.7. The fourth-order valence-corrected chi connectivity index (χ4v) is 9.63. The van der Waals surface area contributed by atoms with E-state index in [1.54, 1.807) is 18.2 Å². The van der Waals surface area contributed by atoms with Crippen molar-refractivity contribution < 1.29 is 13.9 Å². The number of imidazole rings is 1. The predicted octanol–water partition coefficient (Wildman–Crippen LogP) is 9.51. The van der Waals surface area contributed by atoms with Gasteiger partial charge in [-0.05, 0) is 84.8 Å². The second kappa shape index (κ2) is 12.9. The molecule has 4 nitrogen and oxygen atoms in total. The van der Waals surface area contributed by atoms with Gasteiger partial charge in [0.25, 0.3) is 0 Å². The monoisotopic (exact) mass is 648 g/mol. The highest BCUT2D eigenvalue weighted by atomic mass is 19.1. The van der Waals surface area contributed by atoms with Crippen molar-refractivity contribution in [1.82, 2.24) is 9.55 Å². The third-order valence-electron chi connectivity index (χ3n) is 11.4. The van der Waals surface area contributed by atoms with Gasteiger partial charge < -0.3 is 9.30 Å².